The maximum Gasteiger partial charge on any atom is 0.261 e. The zero-order valence-corrected chi connectivity index (χ0v) is 16.9. The SMILES string of the molecule is Cn1cc(-c2cc(Oc3ccc4ncn(C5CCCCC5)c(=O)c4c3)ccn2)cn1. The highest BCUT2D eigenvalue weighted by molar-refractivity contribution is 5.79. The smallest absolute Gasteiger partial charge is 0.261 e. The summed E-state index contributed by atoms with van der Waals surface area (Å²) in [4.78, 5) is 22.0. The summed E-state index contributed by atoms with van der Waals surface area (Å²) >= 11 is 0. The molecule has 0 aliphatic heterocycles. The molecule has 0 radical (unpaired) electrons. The summed E-state index contributed by atoms with van der Waals surface area (Å²) in [7, 11) is 1.87. The molecule has 7 nitrogen and oxygen atoms in total. The predicted octanol–water partition coefficient (Wildman–Crippen LogP) is 4.49. The molecule has 0 spiro atoms. The molecule has 0 atom stereocenters. The Balaban J connectivity index is 1.46. The molecule has 0 unspecified atom stereocenters. The van der Waals surface area contributed by atoms with Crippen molar-refractivity contribution in [3.63, 3.8) is 0 Å². The highest BCUT2D eigenvalue weighted by Gasteiger charge is 2.18. The Morgan fingerprint density at radius 2 is 1.87 bits per heavy atom. The third kappa shape index (κ3) is 3.58. The Morgan fingerprint density at radius 3 is 2.67 bits per heavy atom. The molecule has 0 bridgehead atoms. The molecule has 1 aromatic carbocycles. The summed E-state index contributed by atoms with van der Waals surface area (Å²) in [5, 5.41) is 4.77. The third-order valence-electron chi connectivity index (χ3n) is 5.69. The van der Waals surface area contributed by atoms with E-state index in [2.05, 4.69) is 15.1 Å². The molecule has 3 aromatic heterocycles. The van der Waals surface area contributed by atoms with Crippen LogP contribution in [0.15, 0.2) is 60.0 Å². The monoisotopic (exact) mass is 401 g/mol. The van der Waals surface area contributed by atoms with E-state index >= 15 is 0 Å². The van der Waals surface area contributed by atoms with E-state index in [1.54, 1.807) is 40.1 Å². The van der Waals surface area contributed by atoms with Crippen molar-refractivity contribution >= 4 is 10.9 Å². The topological polar surface area (TPSA) is 74.8 Å². The van der Waals surface area contributed by atoms with Crippen LogP contribution in [-0.4, -0.2) is 24.3 Å². The number of aromatic nitrogens is 5. The van der Waals surface area contributed by atoms with E-state index in [1.807, 2.05) is 31.4 Å². The van der Waals surface area contributed by atoms with E-state index in [0.29, 0.717) is 22.4 Å². The Hall–Kier alpha value is -3.48. The van der Waals surface area contributed by atoms with Crippen molar-refractivity contribution in [2.45, 2.75) is 38.1 Å². The second-order valence-electron chi connectivity index (χ2n) is 7.81. The first kappa shape index (κ1) is 18.5. The van der Waals surface area contributed by atoms with Crippen molar-refractivity contribution in [1.29, 1.82) is 0 Å². The van der Waals surface area contributed by atoms with Gasteiger partial charge in [-0.3, -0.25) is 19.0 Å². The van der Waals surface area contributed by atoms with Crippen molar-refractivity contribution < 1.29 is 4.74 Å². The van der Waals surface area contributed by atoms with Gasteiger partial charge in [-0.05, 0) is 37.1 Å². The molecule has 4 aromatic rings. The highest BCUT2D eigenvalue weighted by atomic mass is 16.5. The molecular weight excluding hydrogens is 378 g/mol. The minimum Gasteiger partial charge on any atom is -0.457 e. The highest BCUT2D eigenvalue weighted by Crippen LogP contribution is 2.29. The summed E-state index contributed by atoms with van der Waals surface area (Å²) in [5.74, 6) is 1.26. The standard InChI is InChI=1S/C23H23N5O2/c1-27-14-16(13-26-27)22-12-19(9-10-24-22)30-18-7-8-21-20(11-18)23(29)28(15-25-21)17-5-3-2-4-6-17/h7-15,17H,2-6H2,1H3. The average molecular weight is 401 g/mol. The van der Waals surface area contributed by atoms with Gasteiger partial charge in [0.1, 0.15) is 11.5 Å². The predicted molar refractivity (Wildman–Crippen MR) is 115 cm³/mol. The van der Waals surface area contributed by atoms with Crippen LogP contribution in [0.1, 0.15) is 38.1 Å². The first-order chi connectivity index (χ1) is 14.7. The van der Waals surface area contributed by atoms with Gasteiger partial charge < -0.3 is 4.74 Å². The largest absolute Gasteiger partial charge is 0.457 e. The minimum atomic E-state index is 0.00290. The van der Waals surface area contributed by atoms with Gasteiger partial charge in [0.25, 0.3) is 5.56 Å². The Kier molecular flexibility index (Phi) is 4.78. The lowest BCUT2D eigenvalue weighted by atomic mass is 9.95. The van der Waals surface area contributed by atoms with Gasteiger partial charge in [0.05, 0.1) is 29.1 Å². The molecule has 5 rings (SSSR count). The summed E-state index contributed by atoms with van der Waals surface area (Å²) in [6.07, 6.45) is 12.7. The van der Waals surface area contributed by atoms with E-state index in [4.69, 9.17) is 4.74 Å². The Labute approximate surface area is 174 Å². The number of aryl methyl sites for hydroxylation is 1. The number of hydrogen-bond donors (Lipinski definition) is 0. The van der Waals surface area contributed by atoms with Crippen LogP contribution in [0.25, 0.3) is 22.2 Å². The van der Waals surface area contributed by atoms with Gasteiger partial charge in [-0.1, -0.05) is 19.3 Å². The Bertz CT molecular complexity index is 1250. The van der Waals surface area contributed by atoms with Crippen LogP contribution in [-0.2, 0) is 7.05 Å². The quantitative estimate of drug-likeness (QED) is 0.504. The fraction of sp³-hybridized carbons (Fsp3) is 0.304. The van der Waals surface area contributed by atoms with Crippen LogP contribution >= 0.6 is 0 Å². The first-order valence-electron chi connectivity index (χ1n) is 10.3. The van der Waals surface area contributed by atoms with Crippen LogP contribution in [0.4, 0.5) is 0 Å². The van der Waals surface area contributed by atoms with Gasteiger partial charge in [0.2, 0.25) is 0 Å². The fourth-order valence-corrected chi connectivity index (χ4v) is 4.12. The summed E-state index contributed by atoms with van der Waals surface area (Å²) in [5.41, 5.74) is 2.39. The fourth-order valence-electron chi connectivity index (χ4n) is 4.12. The normalized spacial score (nSPS) is 14.8. The van der Waals surface area contributed by atoms with Crippen molar-refractivity contribution in [3.05, 3.63) is 65.6 Å². The van der Waals surface area contributed by atoms with Crippen molar-refractivity contribution in [2.24, 2.45) is 7.05 Å². The molecule has 7 heteroatoms. The molecule has 0 amide bonds. The van der Waals surface area contributed by atoms with E-state index in [0.717, 1.165) is 24.1 Å². The number of rotatable bonds is 4. The van der Waals surface area contributed by atoms with E-state index in [1.165, 1.54) is 19.3 Å². The second-order valence-corrected chi connectivity index (χ2v) is 7.81. The second kappa shape index (κ2) is 7.74. The summed E-state index contributed by atoms with van der Waals surface area (Å²) < 4.78 is 9.59. The number of benzene rings is 1. The lowest BCUT2D eigenvalue weighted by molar-refractivity contribution is 0.345. The van der Waals surface area contributed by atoms with Crippen LogP contribution < -0.4 is 10.3 Å². The number of ether oxygens (including phenoxy) is 1. The van der Waals surface area contributed by atoms with Gasteiger partial charge >= 0.3 is 0 Å². The molecule has 30 heavy (non-hydrogen) atoms. The van der Waals surface area contributed by atoms with Gasteiger partial charge in [-0.15, -0.1) is 0 Å². The first-order valence-corrected chi connectivity index (χ1v) is 10.3. The molecule has 1 aliphatic rings. The van der Waals surface area contributed by atoms with Crippen LogP contribution in [0.5, 0.6) is 11.5 Å². The van der Waals surface area contributed by atoms with Gasteiger partial charge in [0.15, 0.2) is 0 Å². The number of pyridine rings is 1. The van der Waals surface area contributed by atoms with Crippen LogP contribution in [0.3, 0.4) is 0 Å². The lowest BCUT2D eigenvalue weighted by Crippen LogP contribution is -2.26. The van der Waals surface area contributed by atoms with Crippen LogP contribution in [0, 0.1) is 0 Å². The van der Waals surface area contributed by atoms with Crippen molar-refractivity contribution in [2.75, 3.05) is 0 Å². The van der Waals surface area contributed by atoms with E-state index in [9.17, 15) is 4.79 Å². The average Bonchev–Trinajstić information content (AvgIpc) is 3.22. The zero-order valence-electron chi connectivity index (χ0n) is 16.9. The molecular formula is C23H23N5O2. The molecule has 0 saturated heterocycles. The van der Waals surface area contributed by atoms with Crippen molar-refractivity contribution in [3.8, 4) is 22.8 Å². The van der Waals surface area contributed by atoms with Crippen LogP contribution in [0.2, 0.25) is 0 Å². The molecule has 0 N–H and O–H groups in total. The lowest BCUT2D eigenvalue weighted by Gasteiger charge is -2.23. The van der Waals surface area contributed by atoms with Crippen molar-refractivity contribution in [1.82, 2.24) is 24.3 Å². The van der Waals surface area contributed by atoms with E-state index < -0.39 is 0 Å². The van der Waals surface area contributed by atoms with Gasteiger partial charge in [-0.2, -0.15) is 5.10 Å². The van der Waals surface area contributed by atoms with E-state index in [-0.39, 0.29) is 11.6 Å². The maximum atomic E-state index is 13.1. The van der Waals surface area contributed by atoms with Gasteiger partial charge in [-0.25, -0.2) is 4.98 Å². The minimum absolute atomic E-state index is 0.00290. The number of nitrogens with zero attached hydrogens (tertiary/aromatic N) is 5. The third-order valence-corrected chi connectivity index (χ3v) is 5.69. The molecule has 1 aliphatic carbocycles. The summed E-state index contributed by atoms with van der Waals surface area (Å²) in [6.45, 7) is 0. The molecule has 152 valence electrons. The molecule has 1 saturated carbocycles. The van der Waals surface area contributed by atoms with Gasteiger partial charge in [0, 0.05) is 37.1 Å². The summed E-state index contributed by atoms with van der Waals surface area (Å²) in [6, 6.07) is 9.37. The molecule has 1 fully saturated rings. The number of fused-ring (bicyclic) bond motifs is 1. The maximum absolute atomic E-state index is 13.1. The molecule has 3 heterocycles. The zero-order chi connectivity index (χ0) is 20.5. The Morgan fingerprint density at radius 1 is 1.03 bits per heavy atom. The number of hydrogen-bond acceptors (Lipinski definition) is 5.